The zero-order valence-corrected chi connectivity index (χ0v) is 20.7. The highest BCUT2D eigenvalue weighted by Gasteiger charge is 2.60. The van der Waals surface area contributed by atoms with Gasteiger partial charge in [-0.1, -0.05) is 11.6 Å². The van der Waals surface area contributed by atoms with Gasteiger partial charge in [-0.3, -0.25) is 25.2 Å². The molecule has 1 aliphatic carbocycles. The molecule has 37 heavy (non-hydrogen) atoms. The molecule has 3 aliphatic rings. The molecule has 1 aromatic rings. The van der Waals surface area contributed by atoms with E-state index in [-0.39, 0.29) is 28.1 Å². The Labute approximate surface area is 216 Å². The quantitative estimate of drug-likeness (QED) is 0.174. The van der Waals surface area contributed by atoms with Crippen LogP contribution in [0.5, 0.6) is 0 Å². The second-order valence-electron chi connectivity index (χ2n) is 9.47. The summed E-state index contributed by atoms with van der Waals surface area (Å²) in [5.74, 6) is -1.48. The van der Waals surface area contributed by atoms with E-state index in [9.17, 15) is 27.6 Å². The lowest BCUT2D eigenvalue weighted by atomic mass is 9.71. The minimum Gasteiger partial charge on any atom is -0.364 e. The van der Waals surface area contributed by atoms with E-state index in [1.807, 2.05) is 0 Å². The zero-order valence-electron chi connectivity index (χ0n) is 19.9. The van der Waals surface area contributed by atoms with Crippen LogP contribution >= 0.6 is 11.6 Å². The number of nitrogens with zero attached hydrogens (tertiary/aromatic N) is 2. The molecular formula is C24H26ClF3N6O3. The number of aliphatic imine (C=N–C) groups is 1. The lowest BCUT2D eigenvalue weighted by molar-refractivity contribution is -0.148. The fourth-order valence-corrected chi connectivity index (χ4v) is 5.68. The second kappa shape index (κ2) is 9.82. The minimum absolute atomic E-state index is 0.0130. The standard InChI is InChI=1S/C24H26ClF3N6O3/c1-12-18(21(36)31-13-5-6-15(26)14(25)8-13)16-4-3-7-34(16)19(12)20(35)22(37)32-23(10-24(27,28)11-23)17(33-29)9-30-2/h5-6,8-9,16,18,33H,2-4,7,10-11,29H2,1H3,(H,31,36)(H,32,37)/b17-9-. The number of benzene rings is 1. The monoisotopic (exact) mass is 538 g/mol. The third-order valence-corrected chi connectivity index (χ3v) is 7.36. The van der Waals surface area contributed by atoms with E-state index in [0.29, 0.717) is 25.0 Å². The molecule has 1 saturated heterocycles. The Hall–Kier alpha value is -3.38. The van der Waals surface area contributed by atoms with Crippen LogP contribution in [0.15, 0.2) is 46.4 Å². The molecule has 13 heteroatoms. The van der Waals surface area contributed by atoms with Crippen molar-refractivity contribution in [2.24, 2.45) is 16.8 Å². The maximum absolute atomic E-state index is 13.9. The first kappa shape index (κ1) is 26.7. The van der Waals surface area contributed by atoms with E-state index >= 15 is 0 Å². The van der Waals surface area contributed by atoms with Crippen LogP contribution in [0.1, 0.15) is 32.6 Å². The number of ketones is 1. The molecule has 9 nitrogen and oxygen atoms in total. The number of hydrogen-bond acceptors (Lipinski definition) is 7. The van der Waals surface area contributed by atoms with Crippen molar-refractivity contribution in [3.8, 4) is 0 Å². The molecule has 1 saturated carbocycles. The van der Waals surface area contributed by atoms with Crippen molar-refractivity contribution in [2.75, 3.05) is 11.9 Å². The molecule has 1 aromatic carbocycles. The van der Waals surface area contributed by atoms with Gasteiger partial charge in [0.1, 0.15) is 5.82 Å². The molecule has 198 valence electrons. The van der Waals surface area contributed by atoms with Crippen LogP contribution in [-0.2, 0) is 14.4 Å². The molecule has 2 aliphatic heterocycles. The molecule has 2 heterocycles. The van der Waals surface area contributed by atoms with Crippen molar-refractivity contribution in [3.05, 3.63) is 52.2 Å². The number of carbonyl (C=O) groups is 3. The number of nitrogens with two attached hydrogens (primary N) is 1. The Kier molecular flexibility index (Phi) is 7.08. The van der Waals surface area contributed by atoms with Gasteiger partial charge in [0, 0.05) is 37.3 Å². The Morgan fingerprint density at radius 1 is 1.30 bits per heavy atom. The first-order valence-electron chi connectivity index (χ1n) is 11.5. The van der Waals surface area contributed by atoms with E-state index < -0.39 is 53.6 Å². The lowest BCUT2D eigenvalue weighted by Crippen LogP contribution is -2.66. The van der Waals surface area contributed by atoms with Crippen LogP contribution < -0.4 is 21.9 Å². The van der Waals surface area contributed by atoms with Crippen molar-refractivity contribution < 1.29 is 27.6 Å². The number of amides is 2. The van der Waals surface area contributed by atoms with E-state index in [1.165, 1.54) is 12.1 Å². The van der Waals surface area contributed by atoms with Crippen LogP contribution in [0.3, 0.4) is 0 Å². The Morgan fingerprint density at radius 2 is 2.00 bits per heavy atom. The number of carbonyl (C=O) groups excluding carboxylic acids is 3. The largest absolute Gasteiger partial charge is 0.364 e. The molecule has 2 fully saturated rings. The molecule has 0 radical (unpaired) electrons. The van der Waals surface area contributed by atoms with Crippen molar-refractivity contribution in [1.29, 1.82) is 0 Å². The highest BCUT2D eigenvalue weighted by molar-refractivity contribution is 6.43. The van der Waals surface area contributed by atoms with Gasteiger partial charge in [0.25, 0.3) is 17.6 Å². The smallest absolute Gasteiger partial charge is 0.294 e. The lowest BCUT2D eigenvalue weighted by Gasteiger charge is -2.48. The summed E-state index contributed by atoms with van der Waals surface area (Å²) in [6.45, 7) is 5.31. The summed E-state index contributed by atoms with van der Waals surface area (Å²) in [4.78, 5) is 44.9. The Bertz CT molecular complexity index is 1230. The molecule has 0 aromatic heterocycles. The fourth-order valence-electron chi connectivity index (χ4n) is 5.50. The molecule has 0 bridgehead atoms. The summed E-state index contributed by atoms with van der Waals surface area (Å²) < 4.78 is 41.2. The number of hydrogen-bond donors (Lipinski definition) is 4. The van der Waals surface area contributed by atoms with Gasteiger partial charge in [0.2, 0.25) is 5.91 Å². The van der Waals surface area contributed by atoms with Gasteiger partial charge in [-0.25, -0.2) is 13.2 Å². The SMILES string of the molecule is C=N/C=C(\NN)C1(NC(=O)C(=O)C2=C(C)C(C(=O)Nc3ccc(F)c(Cl)c3)C3CCCN23)CC(F)(F)C1. The van der Waals surface area contributed by atoms with Gasteiger partial charge >= 0.3 is 0 Å². The molecule has 0 spiro atoms. The number of nitrogens with one attached hydrogen (secondary N) is 3. The van der Waals surface area contributed by atoms with Gasteiger partial charge in [0.05, 0.1) is 27.9 Å². The number of Topliss-reactive ketones (excluding diaryl/α,β-unsaturated/α-hetero) is 1. The molecule has 4 rings (SSSR count). The summed E-state index contributed by atoms with van der Waals surface area (Å²) >= 11 is 5.81. The van der Waals surface area contributed by atoms with Gasteiger partial charge < -0.3 is 21.0 Å². The van der Waals surface area contributed by atoms with Gasteiger partial charge in [-0.05, 0) is 50.3 Å². The molecule has 2 atom stereocenters. The van der Waals surface area contributed by atoms with E-state index in [0.717, 1.165) is 12.3 Å². The van der Waals surface area contributed by atoms with Crippen molar-refractivity contribution in [3.63, 3.8) is 0 Å². The molecule has 5 N–H and O–H groups in total. The number of alkyl halides is 2. The Morgan fingerprint density at radius 3 is 2.59 bits per heavy atom. The Balaban J connectivity index is 1.58. The van der Waals surface area contributed by atoms with Crippen LogP contribution in [0.2, 0.25) is 5.02 Å². The van der Waals surface area contributed by atoms with E-state index in [4.69, 9.17) is 17.4 Å². The molecule has 2 unspecified atom stereocenters. The fraction of sp³-hybridized carbons (Fsp3) is 0.417. The van der Waals surface area contributed by atoms with Gasteiger partial charge in [-0.2, -0.15) is 0 Å². The van der Waals surface area contributed by atoms with Crippen LogP contribution in [-0.4, -0.2) is 53.3 Å². The molecule has 2 amide bonds. The summed E-state index contributed by atoms with van der Waals surface area (Å²) in [5.41, 5.74) is 1.34. The summed E-state index contributed by atoms with van der Waals surface area (Å²) in [5, 5.41) is 4.95. The van der Waals surface area contributed by atoms with Crippen LogP contribution in [0.4, 0.5) is 18.9 Å². The topological polar surface area (TPSA) is 129 Å². The number of halogens is 4. The van der Waals surface area contributed by atoms with Crippen molar-refractivity contribution >= 4 is 41.6 Å². The highest BCUT2D eigenvalue weighted by atomic mass is 35.5. The normalized spacial score (nSPS) is 23.7. The average molecular weight is 539 g/mol. The third-order valence-electron chi connectivity index (χ3n) is 7.07. The number of fused-ring (bicyclic) bond motifs is 1. The summed E-state index contributed by atoms with van der Waals surface area (Å²) in [6, 6.07) is 3.39. The van der Waals surface area contributed by atoms with Crippen LogP contribution in [0, 0.1) is 11.7 Å². The van der Waals surface area contributed by atoms with Gasteiger partial charge in [0.15, 0.2) is 0 Å². The van der Waals surface area contributed by atoms with Crippen LogP contribution in [0.25, 0.3) is 0 Å². The number of anilines is 1. The van der Waals surface area contributed by atoms with E-state index in [2.05, 4.69) is 27.8 Å². The average Bonchev–Trinajstić information content (AvgIpc) is 3.37. The van der Waals surface area contributed by atoms with E-state index in [1.54, 1.807) is 11.8 Å². The molecular weight excluding hydrogens is 513 g/mol. The first-order chi connectivity index (χ1) is 17.4. The predicted molar refractivity (Wildman–Crippen MR) is 131 cm³/mol. The minimum atomic E-state index is -3.07. The summed E-state index contributed by atoms with van der Waals surface area (Å²) in [7, 11) is 0. The predicted octanol–water partition coefficient (Wildman–Crippen LogP) is 2.64. The second-order valence-corrected chi connectivity index (χ2v) is 9.88. The number of hydrazine groups is 1. The maximum atomic E-state index is 13.9. The first-order valence-corrected chi connectivity index (χ1v) is 11.9. The van der Waals surface area contributed by atoms with Crippen molar-refractivity contribution in [2.45, 2.75) is 50.1 Å². The zero-order chi connectivity index (χ0) is 27.1. The van der Waals surface area contributed by atoms with Crippen molar-refractivity contribution in [1.82, 2.24) is 15.6 Å². The maximum Gasteiger partial charge on any atom is 0.294 e. The van der Waals surface area contributed by atoms with Gasteiger partial charge in [-0.15, -0.1) is 0 Å². The number of rotatable bonds is 8. The summed E-state index contributed by atoms with van der Waals surface area (Å²) in [6.07, 6.45) is 0.843. The third kappa shape index (κ3) is 4.82. The highest BCUT2D eigenvalue weighted by Crippen LogP contribution is 2.49.